The van der Waals surface area contributed by atoms with Crippen molar-refractivity contribution in [2.75, 3.05) is 0 Å². The molecule has 0 spiro atoms. The van der Waals surface area contributed by atoms with Crippen LogP contribution in [0.4, 0.5) is 0 Å². The van der Waals surface area contributed by atoms with Gasteiger partial charge in [-0.15, -0.1) is 0 Å². The molecule has 1 aromatic rings. The monoisotopic (exact) mass is 214 g/mol. The van der Waals surface area contributed by atoms with Crippen molar-refractivity contribution in [1.82, 2.24) is 0 Å². The van der Waals surface area contributed by atoms with Crippen molar-refractivity contribution in [1.29, 1.82) is 0 Å². The Hall–Kier alpha value is -1.64. The normalized spacial score (nSPS) is 38.5. The van der Waals surface area contributed by atoms with Gasteiger partial charge in [0.1, 0.15) is 11.9 Å². The Morgan fingerprint density at radius 2 is 1.81 bits per heavy atom. The number of carbonyl (C=O) groups is 2. The highest BCUT2D eigenvalue weighted by Gasteiger charge is 2.61. The van der Waals surface area contributed by atoms with Gasteiger partial charge < -0.3 is 4.74 Å². The molecule has 2 fully saturated rings. The highest BCUT2D eigenvalue weighted by molar-refractivity contribution is 5.96. The number of ketones is 1. The quantitative estimate of drug-likeness (QED) is 0.616. The van der Waals surface area contributed by atoms with Gasteiger partial charge in [-0.05, 0) is 11.1 Å². The summed E-state index contributed by atoms with van der Waals surface area (Å²) in [4.78, 5) is 23.7. The molecule has 0 unspecified atom stereocenters. The third-order valence-electron chi connectivity index (χ3n) is 4.16. The zero-order valence-corrected chi connectivity index (χ0v) is 8.55. The van der Waals surface area contributed by atoms with Crippen LogP contribution in [0.5, 0.6) is 0 Å². The Morgan fingerprint density at radius 1 is 1.06 bits per heavy atom. The second kappa shape index (κ2) is 2.54. The second-order valence-corrected chi connectivity index (χ2v) is 4.81. The summed E-state index contributed by atoms with van der Waals surface area (Å²) in [5, 5.41) is 0. The SMILES string of the molecule is O=C1O[C@@H]2c3ccccc3[C@H]3CC(=O)[C@@H]2[C@@H]13. The van der Waals surface area contributed by atoms with Gasteiger partial charge >= 0.3 is 5.97 Å². The molecule has 4 atom stereocenters. The van der Waals surface area contributed by atoms with Gasteiger partial charge in [0, 0.05) is 12.3 Å². The van der Waals surface area contributed by atoms with Crippen LogP contribution < -0.4 is 0 Å². The summed E-state index contributed by atoms with van der Waals surface area (Å²) < 4.78 is 5.36. The molecule has 1 saturated carbocycles. The molecule has 3 nitrogen and oxygen atoms in total. The molecule has 1 heterocycles. The van der Waals surface area contributed by atoms with Gasteiger partial charge in [0.15, 0.2) is 0 Å². The highest BCUT2D eigenvalue weighted by atomic mass is 16.6. The van der Waals surface area contributed by atoms with E-state index >= 15 is 0 Å². The molecule has 1 aromatic carbocycles. The van der Waals surface area contributed by atoms with E-state index < -0.39 is 0 Å². The van der Waals surface area contributed by atoms with Crippen molar-refractivity contribution in [2.45, 2.75) is 18.4 Å². The van der Waals surface area contributed by atoms with E-state index in [2.05, 4.69) is 0 Å². The third kappa shape index (κ3) is 0.775. The molecule has 80 valence electrons. The Bertz CT molecular complexity index is 473. The summed E-state index contributed by atoms with van der Waals surface area (Å²) in [7, 11) is 0. The first-order chi connectivity index (χ1) is 7.77. The van der Waals surface area contributed by atoms with Crippen LogP contribution in [0.25, 0.3) is 0 Å². The van der Waals surface area contributed by atoms with E-state index in [1.165, 1.54) is 0 Å². The Balaban J connectivity index is 2.01. The minimum atomic E-state index is -0.306. The van der Waals surface area contributed by atoms with Crippen molar-refractivity contribution in [3.8, 4) is 0 Å². The van der Waals surface area contributed by atoms with Crippen molar-refractivity contribution in [2.24, 2.45) is 11.8 Å². The fraction of sp³-hybridized carbons (Fsp3) is 0.385. The topological polar surface area (TPSA) is 43.4 Å². The fourth-order valence-electron chi connectivity index (χ4n) is 3.54. The largest absolute Gasteiger partial charge is 0.456 e. The first kappa shape index (κ1) is 8.50. The number of Topliss-reactive ketones (excluding diaryl/α,β-unsaturated/α-hetero) is 1. The lowest BCUT2D eigenvalue weighted by molar-refractivity contribution is -0.144. The summed E-state index contributed by atoms with van der Waals surface area (Å²) in [6.45, 7) is 0. The van der Waals surface area contributed by atoms with E-state index in [9.17, 15) is 9.59 Å². The van der Waals surface area contributed by atoms with Crippen LogP contribution in [0.1, 0.15) is 29.6 Å². The molecule has 4 bridgehead atoms. The number of carbonyl (C=O) groups excluding carboxylic acids is 2. The average Bonchev–Trinajstić information content (AvgIpc) is 2.73. The zero-order valence-electron chi connectivity index (χ0n) is 8.55. The van der Waals surface area contributed by atoms with Gasteiger partial charge in [-0.25, -0.2) is 0 Å². The van der Waals surface area contributed by atoms with Crippen LogP contribution in [-0.4, -0.2) is 11.8 Å². The molecule has 16 heavy (non-hydrogen) atoms. The van der Waals surface area contributed by atoms with Gasteiger partial charge in [-0.1, -0.05) is 24.3 Å². The first-order valence-corrected chi connectivity index (χ1v) is 5.59. The maximum atomic E-state index is 11.9. The number of rotatable bonds is 0. The fourth-order valence-corrected chi connectivity index (χ4v) is 3.54. The van der Waals surface area contributed by atoms with E-state index in [1.807, 2.05) is 24.3 Å². The Morgan fingerprint density at radius 3 is 2.62 bits per heavy atom. The maximum absolute atomic E-state index is 11.9. The highest BCUT2D eigenvalue weighted by Crippen LogP contribution is 2.58. The van der Waals surface area contributed by atoms with Crippen LogP contribution in [0.3, 0.4) is 0 Å². The number of ether oxygens (including phenoxy) is 1. The van der Waals surface area contributed by atoms with Crippen LogP contribution in [0.2, 0.25) is 0 Å². The molecule has 4 rings (SSSR count). The number of hydrogen-bond acceptors (Lipinski definition) is 3. The second-order valence-electron chi connectivity index (χ2n) is 4.81. The molecule has 3 aliphatic rings. The van der Waals surface area contributed by atoms with Gasteiger partial charge in [0.05, 0.1) is 11.8 Å². The summed E-state index contributed by atoms with van der Waals surface area (Å²) >= 11 is 0. The summed E-state index contributed by atoms with van der Waals surface area (Å²) in [6.07, 6.45) is 0.206. The van der Waals surface area contributed by atoms with E-state index in [0.29, 0.717) is 6.42 Å². The predicted molar refractivity (Wildman–Crippen MR) is 54.6 cm³/mol. The number of esters is 1. The summed E-state index contributed by atoms with van der Waals surface area (Å²) in [5.74, 6) is -0.316. The van der Waals surface area contributed by atoms with E-state index in [4.69, 9.17) is 4.74 Å². The minimum Gasteiger partial charge on any atom is -0.456 e. The van der Waals surface area contributed by atoms with Crippen molar-refractivity contribution < 1.29 is 14.3 Å². The lowest BCUT2D eigenvalue weighted by Gasteiger charge is -2.24. The molecule has 0 amide bonds. The summed E-state index contributed by atoms with van der Waals surface area (Å²) in [5.41, 5.74) is 2.19. The molecule has 0 aromatic heterocycles. The van der Waals surface area contributed by atoms with Gasteiger partial charge in [0.2, 0.25) is 0 Å². The van der Waals surface area contributed by atoms with E-state index in [1.54, 1.807) is 0 Å². The molecule has 3 heteroatoms. The third-order valence-corrected chi connectivity index (χ3v) is 4.16. The molecule has 1 saturated heterocycles. The number of benzene rings is 1. The Labute approximate surface area is 92.4 Å². The molecule has 1 aliphatic heterocycles. The lowest BCUT2D eigenvalue weighted by atomic mass is 9.75. The van der Waals surface area contributed by atoms with Gasteiger partial charge in [0.25, 0.3) is 0 Å². The van der Waals surface area contributed by atoms with Gasteiger partial charge in [-0.2, -0.15) is 0 Å². The first-order valence-electron chi connectivity index (χ1n) is 5.59. The molecule has 0 N–H and O–H groups in total. The number of fused-ring (bicyclic) bond motifs is 3. The van der Waals surface area contributed by atoms with Crippen molar-refractivity contribution in [3.63, 3.8) is 0 Å². The molecular weight excluding hydrogens is 204 g/mol. The molecular formula is C13H10O3. The Kier molecular flexibility index (Phi) is 1.35. The average molecular weight is 214 g/mol. The zero-order chi connectivity index (χ0) is 10.9. The lowest BCUT2D eigenvalue weighted by Crippen LogP contribution is -2.24. The van der Waals surface area contributed by atoms with E-state index in [0.717, 1.165) is 11.1 Å². The van der Waals surface area contributed by atoms with Crippen molar-refractivity contribution in [3.05, 3.63) is 35.4 Å². The molecule has 2 aliphatic carbocycles. The van der Waals surface area contributed by atoms with Crippen molar-refractivity contribution >= 4 is 11.8 Å². The summed E-state index contributed by atoms with van der Waals surface area (Å²) in [6, 6.07) is 7.91. The standard InChI is InChI=1S/C13H10O3/c14-9-5-8-6-3-1-2-4-7(6)12-11(9)10(8)13(15)16-12/h1-4,8,10-12H,5H2/t8-,10+,11-,12-/m1/s1. The minimum absolute atomic E-state index is 0.0694. The smallest absolute Gasteiger partial charge is 0.311 e. The van der Waals surface area contributed by atoms with Crippen LogP contribution in [0, 0.1) is 11.8 Å². The van der Waals surface area contributed by atoms with Gasteiger partial charge in [-0.3, -0.25) is 9.59 Å². The van der Waals surface area contributed by atoms with Crippen LogP contribution in [-0.2, 0) is 14.3 Å². The van der Waals surface area contributed by atoms with Crippen LogP contribution >= 0.6 is 0 Å². The number of hydrogen-bond donors (Lipinski definition) is 0. The van der Waals surface area contributed by atoms with E-state index in [-0.39, 0.29) is 35.6 Å². The predicted octanol–water partition coefficient (Wildman–Crippen LogP) is 1.59. The maximum Gasteiger partial charge on any atom is 0.311 e. The van der Waals surface area contributed by atoms with Crippen LogP contribution in [0.15, 0.2) is 24.3 Å². The molecule has 0 radical (unpaired) electrons.